The SMILES string of the molecule is CN=C(NCCc1nc(C)no1)NCC1CCCN(C)C1c1cccs1. The average molecular weight is 377 g/mol. The van der Waals surface area contributed by atoms with E-state index in [9.17, 15) is 0 Å². The Balaban J connectivity index is 1.50. The Morgan fingerprint density at radius 1 is 1.46 bits per heavy atom. The Hall–Kier alpha value is -1.93. The van der Waals surface area contributed by atoms with E-state index in [2.05, 4.69) is 55.2 Å². The van der Waals surface area contributed by atoms with Gasteiger partial charge in [0.05, 0.1) is 0 Å². The van der Waals surface area contributed by atoms with E-state index in [0.717, 1.165) is 19.0 Å². The molecule has 0 aliphatic carbocycles. The fraction of sp³-hybridized carbons (Fsp3) is 0.611. The van der Waals surface area contributed by atoms with E-state index >= 15 is 0 Å². The smallest absolute Gasteiger partial charge is 0.228 e. The molecule has 1 aliphatic rings. The van der Waals surface area contributed by atoms with Crippen molar-refractivity contribution in [1.29, 1.82) is 0 Å². The lowest BCUT2D eigenvalue weighted by Gasteiger charge is -2.39. The van der Waals surface area contributed by atoms with Crippen LogP contribution in [0.15, 0.2) is 27.0 Å². The molecule has 1 saturated heterocycles. The van der Waals surface area contributed by atoms with Crippen molar-refractivity contribution >= 4 is 17.3 Å². The fourth-order valence-electron chi connectivity index (χ4n) is 3.56. The van der Waals surface area contributed by atoms with Crippen molar-refractivity contribution in [3.63, 3.8) is 0 Å². The Morgan fingerprint density at radius 3 is 3.04 bits per heavy atom. The van der Waals surface area contributed by atoms with Crippen molar-refractivity contribution in [2.24, 2.45) is 10.9 Å². The minimum absolute atomic E-state index is 0.482. The largest absolute Gasteiger partial charge is 0.356 e. The summed E-state index contributed by atoms with van der Waals surface area (Å²) in [6, 6.07) is 4.88. The Morgan fingerprint density at radius 2 is 2.35 bits per heavy atom. The van der Waals surface area contributed by atoms with Crippen LogP contribution in [0.4, 0.5) is 0 Å². The number of aliphatic imine (C=N–C) groups is 1. The molecular formula is C18H28N6OS. The maximum atomic E-state index is 5.14. The van der Waals surface area contributed by atoms with Crippen LogP contribution in [0, 0.1) is 12.8 Å². The number of piperidine rings is 1. The standard InChI is InChI=1S/C18H28N6OS/c1-13-22-16(25-23-13)8-9-20-18(19-2)21-12-14-6-4-10-24(3)17(14)15-7-5-11-26-15/h5,7,11,14,17H,4,6,8-10,12H2,1-3H3,(H2,19,20,21). The van der Waals surface area contributed by atoms with E-state index in [4.69, 9.17) is 4.52 Å². The van der Waals surface area contributed by atoms with E-state index in [1.54, 1.807) is 7.05 Å². The predicted molar refractivity (Wildman–Crippen MR) is 105 cm³/mol. The Bertz CT molecular complexity index is 698. The molecule has 8 heteroatoms. The van der Waals surface area contributed by atoms with Gasteiger partial charge in [-0.3, -0.25) is 9.89 Å². The summed E-state index contributed by atoms with van der Waals surface area (Å²) < 4.78 is 5.14. The molecule has 142 valence electrons. The zero-order valence-corrected chi connectivity index (χ0v) is 16.6. The van der Waals surface area contributed by atoms with E-state index in [0.29, 0.717) is 36.6 Å². The molecular weight excluding hydrogens is 348 g/mol. The van der Waals surface area contributed by atoms with Gasteiger partial charge in [0.1, 0.15) is 0 Å². The number of nitrogens with one attached hydrogen (secondary N) is 2. The molecule has 2 atom stereocenters. The first-order valence-electron chi connectivity index (χ1n) is 9.14. The number of guanidine groups is 1. The lowest BCUT2D eigenvalue weighted by Crippen LogP contribution is -2.45. The fourth-order valence-corrected chi connectivity index (χ4v) is 4.54. The first-order chi connectivity index (χ1) is 12.7. The van der Waals surface area contributed by atoms with Crippen molar-refractivity contribution in [3.05, 3.63) is 34.1 Å². The highest BCUT2D eigenvalue weighted by Crippen LogP contribution is 2.36. The average Bonchev–Trinajstić information content (AvgIpc) is 3.30. The van der Waals surface area contributed by atoms with Gasteiger partial charge in [-0.2, -0.15) is 4.98 Å². The molecule has 0 amide bonds. The van der Waals surface area contributed by atoms with Crippen molar-refractivity contribution in [3.8, 4) is 0 Å². The number of thiophene rings is 1. The number of likely N-dealkylation sites (tertiary alicyclic amines) is 1. The van der Waals surface area contributed by atoms with Gasteiger partial charge in [0, 0.05) is 37.5 Å². The molecule has 2 aromatic rings. The second-order valence-electron chi connectivity index (χ2n) is 6.71. The molecule has 7 nitrogen and oxygen atoms in total. The molecule has 0 saturated carbocycles. The zero-order valence-electron chi connectivity index (χ0n) is 15.7. The van der Waals surface area contributed by atoms with Gasteiger partial charge in [0.25, 0.3) is 0 Å². The summed E-state index contributed by atoms with van der Waals surface area (Å²) in [7, 11) is 4.03. The van der Waals surface area contributed by atoms with Crippen LogP contribution < -0.4 is 10.6 Å². The van der Waals surface area contributed by atoms with Crippen LogP contribution in [0.5, 0.6) is 0 Å². The van der Waals surface area contributed by atoms with Crippen LogP contribution in [0.3, 0.4) is 0 Å². The van der Waals surface area contributed by atoms with Gasteiger partial charge in [-0.15, -0.1) is 11.3 Å². The quantitative estimate of drug-likeness (QED) is 0.595. The van der Waals surface area contributed by atoms with Gasteiger partial charge in [0.15, 0.2) is 11.8 Å². The highest BCUT2D eigenvalue weighted by atomic mass is 32.1. The van der Waals surface area contributed by atoms with Gasteiger partial charge >= 0.3 is 0 Å². The lowest BCUT2D eigenvalue weighted by molar-refractivity contribution is 0.125. The van der Waals surface area contributed by atoms with Gasteiger partial charge < -0.3 is 15.2 Å². The number of hydrogen-bond acceptors (Lipinski definition) is 6. The first kappa shape index (κ1) is 18.8. The van der Waals surface area contributed by atoms with Gasteiger partial charge in [-0.05, 0) is 50.7 Å². The summed E-state index contributed by atoms with van der Waals surface area (Å²) in [5.74, 6) is 2.71. The maximum absolute atomic E-state index is 5.14. The third-order valence-electron chi connectivity index (χ3n) is 4.80. The summed E-state index contributed by atoms with van der Waals surface area (Å²) in [5, 5.41) is 12.8. The van der Waals surface area contributed by atoms with Crippen LogP contribution in [0.25, 0.3) is 0 Å². The molecule has 26 heavy (non-hydrogen) atoms. The Kier molecular flexibility index (Phi) is 6.62. The summed E-state index contributed by atoms with van der Waals surface area (Å²) in [4.78, 5) is 12.5. The Labute approximate surface area is 158 Å². The van der Waals surface area contributed by atoms with Crippen LogP contribution in [0.2, 0.25) is 0 Å². The predicted octanol–water partition coefficient (Wildman–Crippen LogP) is 2.23. The molecule has 0 spiro atoms. The van der Waals surface area contributed by atoms with Crippen LogP contribution in [0.1, 0.15) is 35.5 Å². The molecule has 0 radical (unpaired) electrons. The summed E-state index contributed by atoms with van der Waals surface area (Å²) in [5.41, 5.74) is 0. The molecule has 0 bridgehead atoms. The zero-order chi connectivity index (χ0) is 18.4. The van der Waals surface area contributed by atoms with E-state index in [-0.39, 0.29) is 0 Å². The van der Waals surface area contributed by atoms with Gasteiger partial charge in [-0.1, -0.05) is 11.2 Å². The van der Waals surface area contributed by atoms with Gasteiger partial charge in [0.2, 0.25) is 5.89 Å². The molecule has 1 aliphatic heterocycles. The molecule has 2 aromatic heterocycles. The summed E-state index contributed by atoms with van der Waals surface area (Å²) >= 11 is 1.85. The minimum atomic E-state index is 0.482. The van der Waals surface area contributed by atoms with Crippen LogP contribution in [-0.2, 0) is 6.42 Å². The van der Waals surface area contributed by atoms with Gasteiger partial charge in [-0.25, -0.2) is 0 Å². The van der Waals surface area contributed by atoms with E-state index in [1.807, 2.05) is 18.3 Å². The highest BCUT2D eigenvalue weighted by molar-refractivity contribution is 7.10. The topological polar surface area (TPSA) is 78.6 Å². The normalized spacial score (nSPS) is 21.7. The summed E-state index contributed by atoms with van der Waals surface area (Å²) in [6.07, 6.45) is 3.16. The molecule has 2 unspecified atom stereocenters. The van der Waals surface area contributed by atoms with Crippen molar-refractivity contribution in [2.45, 2.75) is 32.2 Å². The number of aromatic nitrogens is 2. The lowest BCUT2D eigenvalue weighted by atomic mass is 9.88. The highest BCUT2D eigenvalue weighted by Gasteiger charge is 2.31. The summed E-state index contributed by atoms with van der Waals surface area (Å²) in [6.45, 7) is 4.61. The third kappa shape index (κ3) is 4.82. The number of aryl methyl sites for hydroxylation is 1. The second kappa shape index (κ2) is 9.14. The molecule has 2 N–H and O–H groups in total. The van der Waals surface area contributed by atoms with Crippen molar-refractivity contribution in [2.75, 3.05) is 33.7 Å². The number of rotatable bonds is 6. The maximum Gasteiger partial charge on any atom is 0.228 e. The minimum Gasteiger partial charge on any atom is -0.356 e. The number of hydrogen-bond donors (Lipinski definition) is 2. The molecule has 3 heterocycles. The molecule has 3 rings (SSSR count). The van der Waals surface area contributed by atoms with Crippen LogP contribution in [-0.4, -0.2) is 54.7 Å². The molecule has 1 fully saturated rings. The van der Waals surface area contributed by atoms with Crippen LogP contribution >= 0.6 is 11.3 Å². The van der Waals surface area contributed by atoms with Crippen molar-refractivity contribution < 1.29 is 4.52 Å². The molecule has 0 aromatic carbocycles. The third-order valence-corrected chi connectivity index (χ3v) is 5.74. The second-order valence-corrected chi connectivity index (χ2v) is 7.69. The monoisotopic (exact) mass is 376 g/mol. The first-order valence-corrected chi connectivity index (χ1v) is 10.0. The van der Waals surface area contributed by atoms with E-state index in [1.165, 1.54) is 17.7 Å². The van der Waals surface area contributed by atoms with Crippen molar-refractivity contribution in [1.82, 2.24) is 25.7 Å². The van der Waals surface area contributed by atoms with E-state index < -0.39 is 0 Å². The number of nitrogens with zero attached hydrogens (tertiary/aromatic N) is 4.